The Labute approximate surface area is 125 Å². The monoisotopic (exact) mass is 312 g/mol. The minimum Gasteiger partial charge on any atom is -0.393 e. The third-order valence-corrected chi connectivity index (χ3v) is 3.51. The molecular formula is C14H27F3N2S. The second-order valence-electron chi connectivity index (χ2n) is 6.16. The van der Waals surface area contributed by atoms with Gasteiger partial charge in [0, 0.05) is 6.54 Å². The molecule has 6 heteroatoms. The highest BCUT2D eigenvalue weighted by Crippen LogP contribution is 2.27. The van der Waals surface area contributed by atoms with Gasteiger partial charge in [-0.05, 0) is 37.8 Å². The van der Waals surface area contributed by atoms with Gasteiger partial charge in [-0.1, -0.05) is 39.9 Å². The van der Waals surface area contributed by atoms with E-state index in [2.05, 4.69) is 39.9 Å². The molecule has 1 unspecified atom stereocenters. The summed E-state index contributed by atoms with van der Waals surface area (Å²) < 4.78 is 38.8. The Bertz CT molecular complexity index is 279. The van der Waals surface area contributed by atoms with Crippen molar-refractivity contribution in [1.29, 1.82) is 0 Å². The largest absolute Gasteiger partial charge is 0.399 e. The lowest BCUT2D eigenvalue weighted by molar-refractivity contribution is -0.159. The number of hydrogen-bond donors (Lipinski definition) is 1. The molecule has 0 aromatic heterocycles. The molecule has 120 valence electrons. The highest BCUT2D eigenvalue weighted by Gasteiger charge is 2.42. The number of halogens is 3. The van der Waals surface area contributed by atoms with Crippen LogP contribution in [-0.2, 0) is 0 Å². The van der Waals surface area contributed by atoms with Crippen LogP contribution in [0.25, 0.3) is 0 Å². The molecule has 20 heavy (non-hydrogen) atoms. The Balaban J connectivity index is 4.69. The standard InChI is InChI=1S/C14H27F3N2S/c1-10(2)5-7-19(8-6-11(3)4)9-12(13(18)20)14(15,16)17/h10-12H,5-9H2,1-4H3,(H2,18,20). The molecule has 0 heterocycles. The molecule has 0 rings (SSSR count). The van der Waals surface area contributed by atoms with Crippen molar-refractivity contribution in [2.75, 3.05) is 19.6 Å². The van der Waals surface area contributed by atoms with Gasteiger partial charge in [0.05, 0.1) is 4.99 Å². The van der Waals surface area contributed by atoms with Crippen LogP contribution in [0.4, 0.5) is 13.2 Å². The highest BCUT2D eigenvalue weighted by molar-refractivity contribution is 7.80. The molecule has 1 atom stereocenters. The van der Waals surface area contributed by atoms with E-state index in [9.17, 15) is 13.2 Å². The van der Waals surface area contributed by atoms with Crippen molar-refractivity contribution in [1.82, 2.24) is 4.90 Å². The predicted molar refractivity (Wildman–Crippen MR) is 81.7 cm³/mol. The van der Waals surface area contributed by atoms with Crippen LogP contribution >= 0.6 is 12.2 Å². The van der Waals surface area contributed by atoms with Crippen molar-refractivity contribution in [3.05, 3.63) is 0 Å². The molecule has 0 spiro atoms. The van der Waals surface area contributed by atoms with Crippen molar-refractivity contribution in [2.45, 2.75) is 46.7 Å². The van der Waals surface area contributed by atoms with Crippen LogP contribution < -0.4 is 5.73 Å². The highest BCUT2D eigenvalue weighted by atomic mass is 32.1. The third kappa shape index (κ3) is 8.74. The van der Waals surface area contributed by atoms with Gasteiger partial charge in [0.15, 0.2) is 0 Å². The first-order valence-corrected chi connectivity index (χ1v) is 7.53. The number of rotatable bonds is 9. The van der Waals surface area contributed by atoms with Crippen molar-refractivity contribution < 1.29 is 13.2 Å². The summed E-state index contributed by atoms with van der Waals surface area (Å²) in [4.78, 5) is 1.38. The summed E-state index contributed by atoms with van der Waals surface area (Å²) >= 11 is 4.59. The number of nitrogens with two attached hydrogens (primary N) is 1. The average Bonchev–Trinajstić information content (AvgIpc) is 2.24. The van der Waals surface area contributed by atoms with E-state index >= 15 is 0 Å². The third-order valence-electron chi connectivity index (χ3n) is 3.22. The molecule has 0 fully saturated rings. The van der Waals surface area contributed by atoms with Gasteiger partial charge >= 0.3 is 6.18 Å². The SMILES string of the molecule is CC(C)CCN(CCC(C)C)CC(C(N)=S)C(F)(F)F. The Morgan fingerprint density at radius 2 is 1.45 bits per heavy atom. The van der Waals surface area contributed by atoms with Crippen molar-refractivity contribution in [3.8, 4) is 0 Å². The maximum Gasteiger partial charge on any atom is 0.399 e. The van der Waals surface area contributed by atoms with Gasteiger partial charge < -0.3 is 10.6 Å². The quantitative estimate of drug-likeness (QED) is 0.656. The first-order chi connectivity index (χ1) is 9.04. The molecule has 2 N–H and O–H groups in total. The summed E-state index contributed by atoms with van der Waals surface area (Å²) in [7, 11) is 0. The average molecular weight is 312 g/mol. The van der Waals surface area contributed by atoms with Gasteiger partial charge in [-0.3, -0.25) is 0 Å². The first-order valence-electron chi connectivity index (χ1n) is 7.12. The molecule has 2 nitrogen and oxygen atoms in total. The normalized spacial score (nSPS) is 14.3. The Morgan fingerprint density at radius 1 is 1.05 bits per heavy atom. The number of thiocarbonyl (C=S) groups is 1. The smallest absolute Gasteiger partial charge is 0.393 e. The molecule has 0 aliphatic carbocycles. The van der Waals surface area contributed by atoms with Crippen LogP contribution in [0.1, 0.15) is 40.5 Å². The van der Waals surface area contributed by atoms with Crippen LogP contribution in [0.15, 0.2) is 0 Å². The van der Waals surface area contributed by atoms with E-state index in [0.29, 0.717) is 24.9 Å². The van der Waals surface area contributed by atoms with E-state index < -0.39 is 17.1 Å². The van der Waals surface area contributed by atoms with E-state index in [1.807, 2.05) is 4.90 Å². The molecule has 0 aromatic rings. The lowest BCUT2D eigenvalue weighted by atomic mass is 10.1. The molecular weight excluding hydrogens is 285 g/mol. The van der Waals surface area contributed by atoms with E-state index in [4.69, 9.17) is 5.73 Å². The number of hydrogen-bond acceptors (Lipinski definition) is 2. The van der Waals surface area contributed by atoms with E-state index in [0.717, 1.165) is 12.8 Å². The van der Waals surface area contributed by atoms with Crippen LogP contribution in [0.5, 0.6) is 0 Å². The van der Waals surface area contributed by atoms with E-state index in [-0.39, 0.29) is 6.54 Å². The summed E-state index contributed by atoms with van der Waals surface area (Å²) in [5, 5.41) is 0. The Hall–Kier alpha value is -0.360. The predicted octanol–water partition coefficient (Wildman–Crippen LogP) is 3.85. The minimum atomic E-state index is -4.36. The molecule has 0 amide bonds. The zero-order chi connectivity index (χ0) is 15.9. The fraction of sp³-hybridized carbons (Fsp3) is 0.929. The van der Waals surface area contributed by atoms with Crippen molar-refractivity contribution >= 4 is 17.2 Å². The van der Waals surface area contributed by atoms with Gasteiger partial charge in [-0.15, -0.1) is 0 Å². The summed E-state index contributed by atoms with van der Waals surface area (Å²) in [6.45, 7) is 9.44. The first kappa shape index (κ1) is 19.6. The lowest BCUT2D eigenvalue weighted by Gasteiger charge is -2.29. The summed E-state index contributed by atoms with van der Waals surface area (Å²) in [5.74, 6) is -0.784. The molecule has 0 bridgehead atoms. The number of nitrogens with zero attached hydrogens (tertiary/aromatic N) is 1. The van der Waals surface area contributed by atoms with Crippen LogP contribution in [-0.4, -0.2) is 35.7 Å². The fourth-order valence-electron chi connectivity index (χ4n) is 1.79. The van der Waals surface area contributed by atoms with Crippen molar-refractivity contribution in [2.24, 2.45) is 23.5 Å². The Morgan fingerprint density at radius 3 is 1.70 bits per heavy atom. The van der Waals surface area contributed by atoms with E-state index in [1.165, 1.54) is 0 Å². The summed E-state index contributed by atoms with van der Waals surface area (Å²) in [6, 6.07) is 0. The van der Waals surface area contributed by atoms with Crippen molar-refractivity contribution in [3.63, 3.8) is 0 Å². The van der Waals surface area contributed by atoms with E-state index in [1.54, 1.807) is 0 Å². The molecule has 0 aliphatic rings. The number of alkyl halides is 3. The minimum absolute atomic E-state index is 0.127. The van der Waals surface area contributed by atoms with Crippen LogP contribution in [0.2, 0.25) is 0 Å². The van der Waals surface area contributed by atoms with Gasteiger partial charge in [0.25, 0.3) is 0 Å². The summed E-state index contributed by atoms with van der Waals surface area (Å²) in [6.07, 6.45) is -2.61. The van der Waals surface area contributed by atoms with Crippen LogP contribution in [0.3, 0.4) is 0 Å². The van der Waals surface area contributed by atoms with Crippen LogP contribution in [0, 0.1) is 17.8 Å². The molecule has 0 aliphatic heterocycles. The second-order valence-corrected chi connectivity index (χ2v) is 6.63. The zero-order valence-electron chi connectivity index (χ0n) is 12.8. The molecule has 0 saturated heterocycles. The lowest BCUT2D eigenvalue weighted by Crippen LogP contribution is -2.44. The topological polar surface area (TPSA) is 29.3 Å². The van der Waals surface area contributed by atoms with Gasteiger partial charge in [-0.25, -0.2) is 0 Å². The summed E-state index contributed by atoms with van der Waals surface area (Å²) in [5.41, 5.74) is 5.27. The molecule has 0 aromatic carbocycles. The molecule has 0 radical (unpaired) electrons. The van der Waals surface area contributed by atoms with Gasteiger partial charge in [-0.2, -0.15) is 13.2 Å². The maximum atomic E-state index is 12.9. The van der Waals surface area contributed by atoms with Gasteiger partial charge in [0.1, 0.15) is 5.92 Å². The van der Waals surface area contributed by atoms with Gasteiger partial charge in [0.2, 0.25) is 0 Å². The maximum absolute atomic E-state index is 12.9. The second kappa shape index (κ2) is 8.82. The Kier molecular flexibility index (Phi) is 8.66. The fourth-order valence-corrected chi connectivity index (χ4v) is 2.00. The zero-order valence-corrected chi connectivity index (χ0v) is 13.7. The molecule has 0 saturated carbocycles.